The van der Waals surface area contributed by atoms with E-state index < -0.39 is 0 Å². The van der Waals surface area contributed by atoms with Gasteiger partial charge in [0.25, 0.3) is 0 Å². The van der Waals surface area contributed by atoms with E-state index in [1.165, 1.54) is 25.7 Å². The highest BCUT2D eigenvalue weighted by Crippen LogP contribution is 2.28. The van der Waals surface area contributed by atoms with Crippen molar-refractivity contribution in [2.24, 2.45) is 5.73 Å². The molecule has 72 valence electrons. The fourth-order valence-electron chi connectivity index (χ4n) is 1.92. The minimum Gasteiger partial charge on any atom is -0.330 e. The average Bonchev–Trinajstić information content (AvgIpc) is 2.70. The summed E-state index contributed by atoms with van der Waals surface area (Å²) in [7, 11) is 0. The standard InChI is InChI=1S/C9H16N4/c10-6-5-8-7-13(12-11-8)9-3-1-2-4-9/h7,9H,1-6,10H2. The zero-order valence-corrected chi connectivity index (χ0v) is 7.82. The highest BCUT2D eigenvalue weighted by atomic mass is 15.4. The van der Waals surface area contributed by atoms with E-state index in [0.717, 1.165) is 12.1 Å². The van der Waals surface area contributed by atoms with Crippen LogP contribution in [0.5, 0.6) is 0 Å². The molecule has 0 bridgehead atoms. The summed E-state index contributed by atoms with van der Waals surface area (Å²) in [6.07, 6.45) is 8.06. The molecule has 4 heteroatoms. The van der Waals surface area contributed by atoms with Gasteiger partial charge in [-0.1, -0.05) is 18.1 Å². The van der Waals surface area contributed by atoms with Gasteiger partial charge in [-0.05, 0) is 19.4 Å². The van der Waals surface area contributed by atoms with Gasteiger partial charge in [0.05, 0.1) is 11.7 Å². The molecule has 1 heterocycles. The van der Waals surface area contributed by atoms with Gasteiger partial charge >= 0.3 is 0 Å². The van der Waals surface area contributed by atoms with Crippen molar-refractivity contribution in [2.45, 2.75) is 38.1 Å². The summed E-state index contributed by atoms with van der Waals surface area (Å²) in [4.78, 5) is 0. The van der Waals surface area contributed by atoms with E-state index in [2.05, 4.69) is 10.3 Å². The molecule has 2 rings (SSSR count). The second-order valence-electron chi connectivity index (χ2n) is 3.67. The summed E-state index contributed by atoms with van der Waals surface area (Å²) < 4.78 is 2.01. The van der Waals surface area contributed by atoms with E-state index in [1.54, 1.807) is 0 Å². The van der Waals surface area contributed by atoms with Crippen LogP contribution in [0.2, 0.25) is 0 Å². The average molecular weight is 180 g/mol. The Morgan fingerprint density at radius 2 is 2.23 bits per heavy atom. The minimum atomic E-state index is 0.596. The molecule has 0 saturated heterocycles. The summed E-state index contributed by atoms with van der Waals surface area (Å²) >= 11 is 0. The second-order valence-corrected chi connectivity index (χ2v) is 3.67. The monoisotopic (exact) mass is 180 g/mol. The van der Waals surface area contributed by atoms with Crippen molar-refractivity contribution in [2.75, 3.05) is 6.54 Å². The molecular weight excluding hydrogens is 164 g/mol. The number of hydrogen-bond acceptors (Lipinski definition) is 3. The lowest BCUT2D eigenvalue weighted by Gasteiger charge is -2.06. The van der Waals surface area contributed by atoms with Gasteiger partial charge in [0.15, 0.2) is 0 Å². The molecule has 1 saturated carbocycles. The molecule has 1 aromatic heterocycles. The van der Waals surface area contributed by atoms with Crippen molar-refractivity contribution in [1.29, 1.82) is 0 Å². The van der Waals surface area contributed by atoms with E-state index in [9.17, 15) is 0 Å². The molecule has 1 aliphatic carbocycles. The van der Waals surface area contributed by atoms with Crippen molar-refractivity contribution in [3.8, 4) is 0 Å². The van der Waals surface area contributed by atoms with Crippen LogP contribution in [0.1, 0.15) is 37.4 Å². The van der Waals surface area contributed by atoms with E-state index >= 15 is 0 Å². The summed E-state index contributed by atoms with van der Waals surface area (Å²) in [5.74, 6) is 0. The Morgan fingerprint density at radius 3 is 2.92 bits per heavy atom. The maximum absolute atomic E-state index is 5.45. The highest BCUT2D eigenvalue weighted by Gasteiger charge is 2.17. The van der Waals surface area contributed by atoms with Crippen molar-refractivity contribution >= 4 is 0 Å². The lowest BCUT2D eigenvalue weighted by Crippen LogP contribution is -2.05. The van der Waals surface area contributed by atoms with Crippen molar-refractivity contribution in [1.82, 2.24) is 15.0 Å². The first-order valence-electron chi connectivity index (χ1n) is 5.01. The van der Waals surface area contributed by atoms with Crippen molar-refractivity contribution in [3.05, 3.63) is 11.9 Å². The zero-order valence-electron chi connectivity index (χ0n) is 7.82. The largest absolute Gasteiger partial charge is 0.330 e. The van der Waals surface area contributed by atoms with Crippen LogP contribution in [-0.4, -0.2) is 21.5 Å². The van der Waals surface area contributed by atoms with E-state index in [1.807, 2.05) is 10.9 Å². The highest BCUT2D eigenvalue weighted by molar-refractivity contribution is 4.94. The third-order valence-electron chi connectivity index (χ3n) is 2.66. The quantitative estimate of drug-likeness (QED) is 0.751. The van der Waals surface area contributed by atoms with Gasteiger partial charge in [0, 0.05) is 12.6 Å². The number of rotatable bonds is 3. The molecule has 13 heavy (non-hydrogen) atoms. The molecule has 4 nitrogen and oxygen atoms in total. The van der Waals surface area contributed by atoms with Crippen molar-refractivity contribution in [3.63, 3.8) is 0 Å². The molecule has 1 fully saturated rings. The first-order chi connectivity index (χ1) is 6.40. The van der Waals surface area contributed by atoms with Gasteiger partial charge in [0.2, 0.25) is 0 Å². The van der Waals surface area contributed by atoms with Gasteiger partial charge in [-0.3, -0.25) is 0 Å². The Bertz CT molecular complexity index is 262. The topological polar surface area (TPSA) is 56.7 Å². The van der Waals surface area contributed by atoms with Crippen LogP contribution in [0.3, 0.4) is 0 Å². The third-order valence-corrected chi connectivity index (χ3v) is 2.66. The molecule has 0 aliphatic heterocycles. The summed E-state index contributed by atoms with van der Waals surface area (Å²) in [6.45, 7) is 0.656. The minimum absolute atomic E-state index is 0.596. The molecule has 0 amide bonds. The van der Waals surface area contributed by atoms with Crippen LogP contribution in [0.15, 0.2) is 6.20 Å². The van der Waals surface area contributed by atoms with Crippen LogP contribution < -0.4 is 5.73 Å². The van der Waals surface area contributed by atoms with E-state index in [4.69, 9.17) is 5.73 Å². The lowest BCUT2D eigenvalue weighted by molar-refractivity contribution is 0.454. The third kappa shape index (κ3) is 1.88. The number of hydrogen-bond donors (Lipinski definition) is 1. The van der Waals surface area contributed by atoms with Gasteiger partial charge < -0.3 is 5.73 Å². The van der Waals surface area contributed by atoms with Gasteiger partial charge in [-0.15, -0.1) is 5.10 Å². The molecule has 0 radical (unpaired) electrons. The molecular formula is C9H16N4. The molecule has 2 N–H and O–H groups in total. The normalized spacial score (nSPS) is 18.2. The molecule has 0 atom stereocenters. The Morgan fingerprint density at radius 1 is 1.46 bits per heavy atom. The van der Waals surface area contributed by atoms with Crippen LogP contribution in [-0.2, 0) is 6.42 Å². The fraction of sp³-hybridized carbons (Fsp3) is 0.778. The predicted octanol–water partition coefficient (Wildman–Crippen LogP) is 0.894. The van der Waals surface area contributed by atoms with Gasteiger partial charge in [-0.25, -0.2) is 4.68 Å². The van der Waals surface area contributed by atoms with Gasteiger partial charge in [-0.2, -0.15) is 0 Å². The van der Waals surface area contributed by atoms with E-state index in [0.29, 0.717) is 12.6 Å². The lowest BCUT2D eigenvalue weighted by atomic mass is 10.2. The van der Waals surface area contributed by atoms with Crippen LogP contribution >= 0.6 is 0 Å². The molecule has 1 aliphatic rings. The van der Waals surface area contributed by atoms with Crippen LogP contribution in [0.25, 0.3) is 0 Å². The van der Waals surface area contributed by atoms with E-state index in [-0.39, 0.29) is 0 Å². The zero-order chi connectivity index (χ0) is 9.10. The van der Waals surface area contributed by atoms with Crippen molar-refractivity contribution < 1.29 is 0 Å². The number of nitrogens with zero attached hydrogens (tertiary/aromatic N) is 3. The number of nitrogens with two attached hydrogens (primary N) is 1. The molecule has 0 aromatic carbocycles. The Kier molecular flexibility index (Phi) is 2.59. The molecule has 1 aromatic rings. The summed E-state index contributed by atoms with van der Waals surface area (Å²) in [5.41, 5.74) is 6.47. The molecule has 0 unspecified atom stereocenters. The second kappa shape index (κ2) is 3.87. The smallest absolute Gasteiger partial charge is 0.0839 e. The van der Waals surface area contributed by atoms with Gasteiger partial charge in [0.1, 0.15) is 0 Å². The maximum Gasteiger partial charge on any atom is 0.0839 e. The SMILES string of the molecule is NCCc1cn(C2CCCC2)nn1. The molecule has 0 spiro atoms. The fourth-order valence-corrected chi connectivity index (χ4v) is 1.92. The Labute approximate surface area is 78.1 Å². The predicted molar refractivity (Wildman–Crippen MR) is 50.3 cm³/mol. The first-order valence-corrected chi connectivity index (χ1v) is 5.01. The van der Waals surface area contributed by atoms with Crippen LogP contribution in [0, 0.1) is 0 Å². The maximum atomic E-state index is 5.45. The summed E-state index contributed by atoms with van der Waals surface area (Å²) in [5, 5.41) is 8.21. The Balaban J connectivity index is 2.03. The summed E-state index contributed by atoms with van der Waals surface area (Å²) in [6, 6.07) is 0.596. The Hall–Kier alpha value is -0.900. The first kappa shape index (κ1) is 8.69. The number of aromatic nitrogens is 3. The van der Waals surface area contributed by atoms with Crippen LogP contribution in [0.4, 0.5) is 0 Å².